The molecule has 1 rings (SSSR count). The lowest BCUT2D eigenvalue weighted by Gasteiger charge is -2.08. The molecule has 0 fully saturated rings. The molecule has 0 saturated carbocycles. The Morgan fingerprint density at radius 1 is 1.50 bits per heavy atom. The highest BCUT2D eigenvalue weighted by Crippen LogP contribution is 2.20. The maximum absolute atomic E-state index is 9.56. The topological polar surface area (TPSA) is 20.2 Å². The molecule has 1 unspecified atom stereocenters. The van der Waals surface area contributed by atoms with Gasteiger partial charge in [0.05, 0.1) is 6.10 Å². The molecule has 0 bridgehead atoms. The lowest BCUT2D eigenvalue weighted by atomic mass is 10.1. The monoisotopic (exact) mass is 248 g/mol. The van der Waals surface area contributed by atoms with Crippen molar-refractivity contribution in [3.63, 3.8) is 0 Å². The second-order valence-corrected chi connectivity index (χ2v) is 3.78. The van der Waals surface area contributed by atoms with Gasteiger partial charge in [0.2, 0.25) is 0 Å². The molecule has 1 N–H and O–H groups in total. The highest BCUT2D eigenvalue weighted by Gasteiger charge is 2.05. The van der Waals surface area contributed by atoms with E-state index < -0.39 is 6.10 Å². The van der Waals surface area contributed by atoms with Crippen LogP contribution in [0.2, 0.25) is 5.02 Å². The summed E-state index contributed by atoms with van der Waals surface area (Å²) in [7, 11) is 0. The van der Waals surface area contributed by atoms with Gasteiger partial charge in [0.15, 0.2) is 0 Å². The van der Waals surface area contributed by atoms with Crippen LogP contribution in [0.5, 0.6) is 0 Å². The lowest BCUT2D eigenvalue weighted by Crippen LogP contribution is -1.97. The molecule has 0 aliphatic rings. The van der Waals surface area contributed by atoms with E-state index in [9.17, 15) is 5.11 Å². The molecule has 1 atom stereocenters. The summed E-state index contributed by atoms with van der Waals surface area (Å²) in [5.74, 6) is 0. The van der Waals surface area contributed by atoms with Crippen LogP contribution >= 0.6 is 27.5 Å². The molecule has 0 aliphatic carbocycles. The van der Waals surface area contributed by atoms with E-state index in [4.69, 9.17) is 11.6 Å². The molecule has 0 radical (unpaired) electrons. The van der Waals surface area contributed by atoms with Gasteiger partial charge >= 0.3 is 0 Å². The number of benzene rings is 1. The third-order valence-electron chi connectivity index (χ3n) is 1.62. The van der Waals surface area contributed by atoms with Gasteiger partial charge < -0.3 is 5.11 Å². The van der Waals surface area contributed by atoms with E-state index in [2.05, 4.69) is 15.9 Å². The van der Waals surface area contributed by atoms with E-state index in [1.807, 2.05) is 12.1 Å². The Hall–Kier alpha value is -0.0500. The number of aliphatic hydroxyl groups excluding tert-OH is 1. The first-order chi connectivity index (χ1) is 5.74. The van der Waals surface area contributed by atoms with Crippen LogP contribution in [-0.2, 0) is 0 Å². The third-order valence-corrected chi connectivity index (χ3v) is 2.31. The van der Waals surface area contributed by atoms with E-state index in [0.29, 0.717) is 11.4 Å². The van der Waals surface area contributed by atoms with E-state index in [0.717, 1.165) is 10.9 Å². The second kappa shape index (κ2) is 4.85. The van der Waals surface area contributed by atoms with E-state index in [1.165, 1.54) is 0 Å². The van der Waals surface area contributed by atoms with Gasteiger partial charge in [-0.1, -0.05) is 39.7 Å². The van der Waals surface area contributed by atoms with Gasteiger partial charge in [-0.15, -0.1) is 0 Å². The minimum Gasteiger partial charge on any atom is -0.388 e. The van der Waals surface area contributed by atoms with Crippen LogP contribution in [0.4, 0.5) is 0 Å². The summed E-state index contributed by atoms with van der Waals surface area (Å²) in [6.45, 7) is 0. The Bertz CT molecular complexity index is 252. The minimum atomic E-state index is -0.414. The largest absolute Gasteiger partial charge is 0.388 e. The molecule has 1 aromatic rings. The first kappa shape index (κ1) is 10.0. The van der Waals surface area contributed by atoms with Gasteiger partial charge in [-0.3, -0.25) is 0 Å². The lowest BCUT2D eigenvalue weighted by molar-refractivity contribution is 0.175. The Morgan fingerprint density at radius 3 is 2.83 bits per heavy atom. The van der Waals surface area contributed by atoms with Gasteiger partial charge in [0.1, 0.15) is 0 Å². The van der Waals surface area contributed by atoms with Gasteiger partial charge in [-0.2, -0.15) is 0 Å². The first-order valence-corrected chi connectivity index (χ1v) is 5.23. The highest BCUT2D eigenvalue weighted by molar-refractivity contribution is 9.09. The van der Waals surface area contributed by atoms with Crippen LogP contribution in [-0.4, -0.2) is 10.4 Å². The zero-order valence-corrected chi connectivity index (χ0v) is 8.85. The number of aliphatic hydroxyl groups is 1. The SMILES string of the molecule is OC(CCBr)c1cccc(Cl)c1. The summed E-state index contributed by atoms with van der Waals surface area (Å²) in [6, 6.07) is 7.30. The van der Waals surface area contributed by atoms with Crippen molar-refractivity contribution in [2.75, 3.05) is 5.33 Å². The average Bonchev–Trinajstić information content (AvgIpc) is 2.05. The molecule has 12 heavy (non-hydrogen) atoms. The molecule has 0 spiro atoms. The van der Waals surface area contributed by atoms with Crippen molar-refractivity contribution in [1.82, 2.24) is 0 Å². The van der Waals surface area contributed by atoms with Crippen molar-refractivity contribution in [2.24, 2.45) is 0 Å². The van der Waals surface area contributed by atoms with Crippen LogP contribution in [0.15, 0.2) is 24.3 Å². The van der Waals surface area contributed by atoms with Crippen LogP contribution < -0.4 is 0 Å². The maximum atomic E-state index is 9.56. The summed E-state index contributed by atoms with van der Waals surface area (Å²) in [5, 5.41) is 11.0. The molecule has 66 valence electrons. The number of alkyl halides is 1. The summed E-state index contributed by atoms with van der Waals surface area (Å²) in [4.78, 5) is 0. The molecular weight excluding hydrogens is 239 g/mol. The van der Waals surface area contributed by atoms with Crippen LogP contribution in [0.3, 0.4) is 0 Å². The van der Waals surface area contributed by atoms with Crippen molar-refractivity contribution < 1.29 is 5.11 Å². The molecule has 0 aliphatic heterocycles. The molecule has 0 heterocycles. The third kappa shape index (κ3) is 2.77. The molecule has 3 heteroatoms. The Balaban J connectivity index is 2.73. The van der Waals surface area contributed by atoms with Crippen molar-refractivity contribution in [2.45, 2.75) is 12.5 Å². The Morgan fingerprint density at radius 2 is 2.25 bits per heavy atom. The van der Waals surface area contributed by atoms with Crippen LogP contribution in [0.1, 0.15) is 18.1 Å². The van der Waals surface area contributed by atoms with Gasteiger partial charge in [0.25, 0.3) is 0 Å². The summed E-state index contributed by atoms with van der Waals surface area (Å²) in [6.07, 6.45) is 0.295. The molecular formula is C9H10BrClO. The van der Waals surface area contributed by atoms with Crippen LogP contribution in [0, 0.1) is 0 Å². The fourth-order valence-electron chi connectivity index (χ4n) is 0.984. The average molecular weight is 250 g/mol. The highest BCUT2D eigenvalue weighted by atomic mass is 79.9. The minimum absolute atomic E-state index is 0.414. The number of hydrogen-bond donors (Lipinski definition) is 1. The van der Waals surface area contributed by atoms with Crippen molar-refractivity contribution in [1.29, 1.82) is 0 Å². The predicted molar refractivity (Wildman–Crippen MR) is 54.8 cm³/mol. The quantitative estimate of drug-likeness (QED) is 0.816. The standard InChI is InChI=1S/C9H10BrClO/c10-5-4-9(12)7-2-1-3-8(11)6-7/h1-3,6,9,12H,4-5H2. The second-order valence-electron chi connectivity index (χ2n) is 2.55. The fourth-order valence-corrected chi connectivity index (χ4v) is 1.62. The Kier molecular flexibility index (Phi) is 4.06. The van der Waals surface area contributed by atoms with Crippen LogP contribution in [0.25, 0.3) is 0 Å². The fraction of sp³-hybridized carbons (Fsp3) is 0.333. The first-order valence-electron chi connectivity index (χ1n) is 3.73. The summed E-state index contributed by atoms with van der Waals surface area (Å²) < 4.78 is 0. The van der Waals surface area contributed by atoms with Crippen molar-refractivity contribution in [3.8, 4) is 0 Å². The molecule has 1 aromatic carbocycles. The Labute approximate surface area is 85.5 Å². The zero-order chi connectivity index (χ0) is 8.97. The zero-order valence-electron chi connectivity index (χ0n) is 6.50. The predicted octanol–water partition coefficient (Wildman–Crippen LogP) is 3.16. The van der Waals surface area contributed by atoms with E-state index in [1.54, 1.807) is 12.1 Å². The molecule has 0 amide bonds. The number of rotatable bonds is 3. The van der Waals surface area contributed by atoms with Gasteiger partial charge in [-0.05, 0) is 24.1 Å². The van der Waals surface area contributed by atoms with Crippen molar-refractivity contribution >= 4 is 27.5 Å². The summed E-state index contributed by atoms with van der Waals surface area (Å²) in [5.41, 5.74) is 0.877. The number of hydrogen-bond acceptors (Lipinski definition) is 1. The molecule has 0 saturated heterocycles. The smallest absolute Gasteiger partial charge is 0.0798 e. The maximum Gasteiger partial charge on any atom is 0.0798 e. The molecule has 0 aromatic heterocycles. The summed E-state index contributed by atoms with van der Waals surface area (Å²) >= 11 is 9.04. The van der Waals surface area contributed by atoms with E-state index in [-0.39, 0.29) is 0 Å². The molecule has 1 nitrogen and oxygen atoms in total. The van der Waals surface area contributed by atoms with Crippen molar-refractivity contribution in [3.05, 3.63) is 34.9 Å². The number of halogens is 2. The normalized spacial score (nSPS) is 12.9. The van der Waals surface area contributed by atoms with Gasteiger partial charge in [-0.25, -0.2) is 0 Å². The van der Waals surface area contributed by atoms with E-state index >= 15 is 0 Å². The van der Waals surface area contributed by atoms with Gasteiger partial charge in [0, 0.05) is 10.4 Å².